The number of alkyl halides is 3. The van der Waals surface area contributed by atoms with Gasteiger partial charge in [0.05, 0.1) is 23.9 Å². The second-order valence-corrected chi connectivity index (χ2v) is 6.31. The smallest absolute Gasteiger partial charge is 0.343 e. The summed E-state index contributed by atoms with van der Waals surface area (Å²) in [4.78, 5) is 36.8. The lowest BCUT2D eigenvalue weighted by Gasteiger charge is -2.22. The Morgan fingerprint density at radius 2 is 2.14 bits per heavy atom. The molecule has 3 aromatic heterocycles. The molecule has 0 saturated carbocycles. The number of rotatable bonds is 5. The highest BCUT2D eigenvalue weighted by Crippen LogP contribution is 2.36. The highest BCUT2D eigenvalue weighted by molar-refractivity contribution is 7.39. The van der Waals surface area contributed by atoms with Gasteiger partial charge in [0, 0.05) is 12.4 Å². The molecule has 15 heteroatoms. The van der Waals surface area contributed by atoms with Crippen molar-refractivity contribution in [2.24, 2.45) is 4.99 Å². The van der Waals surface area contributed by atoms with E-state index in [0.29, 0.717) is 11.4 Å². The number of imidazole rings is 2. The second-order valence-electron chi connectivity index (χ2n) is 5.54. The molecule has 1 aliphatic heterocycles. The maximum absolute atomic E-state index is 13.2. The van der Waals surface area contributed by atoms with Crippen molar-refractivity contribution in [2.45, 2.75) is 12.3 Å². The van der Waals surface area contributed by atoms with E-state index >= 15 is 0 Å². The molecule has 0 saturated heterocycles. The van der Waals surface area contributed by atoms with E-state index in [-0.39, 0.29) is 11.5 Å². The SMILES string of the molecule is OP(O)OCN1NC(C(F)(F)F)=NC1c1nc2ncccn2c1-c1cnc[nH]1. The van der Waals surface area contributed by atoms with E-state index in [1.54, 1.807) is 16.7 Å². The summed E-state index contributed by atoms with van der Waals surface area (Å²) in [6.07, 6.45) is 0.0169. The predicted molar refractivity (Wildman–Crippen MR) is 89.1 cm³/mol. The second kappa shape index (κ2) is 7.07. The molecular weight excluding hydrogens is 404 g/mol. The topological polar surface area (TPSA) is 136 Å². The highest BCUT2D eigenvalue weighted by atomic mass is 31.2. The molecule has 1 unspecified atom stereocenters. The zero-order valence-corrected chi connectivity index (χ0v) is 14.6. The van der Waals surface area contributed by atoms with Crippen molar-refractivity contribution in [2.75, 3.05) is 6.73 Å². The van der Waals surface area contributed by atoms with Crippen molar-refractivity contribution in [1.82, 2.24) is 34.8 Å². The fraction of sp³-hybridized carbons (Fsp3) is 0.231. The number of hydrogen-bond acceptors (Lipinski definition) is 9. The molecule has 1 aliphatic rings. The van der Waals surface area contributed by atoms with Gasteiger partial charge in [-0.1, -0.05) is 0 Å². The Balaban J connectivity index is 1.84. The van der Waals surface area contributed by atoms with Gasteiger partial charge in [-0.2, -0.15) is 18.2 Å². The van der Waals surface area contributed by atoms with Gasteiger partial charge < -0.3 is 14.8 Å². The van der Waals surface area contributed by atoms with Crippen LogP contribution in [0.3, 0.4) is 0 Å². The van der Waals surface area contributed by atoms with Crippen LogP contribution in [-0.2, 0) is 4.52 Å². The van der Waals surface area contributed by atoms with Gasteiger partial charge in [0.1, 0.15) is 12.4 Å². The van der Waals surface area contributed by atoms with Crippen LogP contribution < -0.4 is 5.43 Å². The van der Waals surface area contributed by atoms with Crippen LogP contribution in [0.1, 0.15) is 11.9 Å². The number of nitrogens with zero attached hydrogens (tertiary/aromatic N) is 6. The Bertz CT molecular complexity index is 1010. The van der Waals surface area contributed by atoms with Gasteiger partial charge in [-0.3, -0.25) is 14.4 Å². The summed E-state index contributed by atoms with van der Waals surface area (Å²) in [6.45, 7) is -0.587. The third-order valence-corrected chi connectivity index (χ3v) is 4.15. The average molecular weight is 416 g/mol. The third-order valence-electron chi connectivity index (χ3n) is 3.81. The maximum atomic E-state index is 13.2. The van der Waals surface area contributed by atoms with Crippen LogP contribution in [0.4, 0.5) is 13.2 Å². The van der Waals surface area contributed by atoms with Gasteiger partial charge in [-0.25, -0.2) is 19.9 Å². The minimum absolute atomic E-state index is 0.138. The fourth-order valence-corrected chi connectivity index (χ4v) is 2.95. The van der Waals surface area contributed by atoms with Crippen molar-refractivity contribution >= 4 is 20.2 Å². The standard InChI is InChI=1S/C13H12F3N8O3P/c14-13(15,16)11-21-10(24(22-11)6-27-28(25)26)8-9(7-4-17-5-19-7)23-3-1-2-18-12(23)20-8/h1-5,10,25-26H,6H2,(H,17,19)(H,21,22). The van der Waals surface area contributed by atoms with Crippen LogP contribution in [0.5, 0.6) is 0 Å². The normalized spacial score (nSPS) is 18.1. The van der Waals surface area contributed by atoms with E-state index in [1.807, 2.05) is 0 Å². The number of fused-ring (bicyclic) bond motifs is 1. The summed E-state index contributed by atoms with van der Waals surface area (Å²) in [5.74, 6) is -1.02. The number of aromatic amines is 1. The number of nitrogens with one attached hydrogen (secondary N) is 2. The molecule has 0 spiro atoms. The van der Waals surface area contributed by atoms with Crippen LogP contribution >= 0.6 is 8.60 Å². The molecule has 0 radical (unpaired) electrons. The van der Waals surface area contributed by atoms with E-state index in [9.17, 15) is 13.2 Å². The first kappa shape index (κ1) is 18.7. The molecule has 3 aromatic rings. The summed E-state index contributed by atoms with van der Waals surface area (Å²) in [7, 11) is -2.78. The number of aromatic nitrogens is 5. The molecule has 148 valence electrons. The summed E-state index contributed by atoms with van der Waals surface area (Å²) in [5, 5.41) is 0.951. The lowest BCUT2D eigenvalue weighted by molar-refractivity contribution is -0.0643. The van der Waals surface area contributed by atoms with E-state index in [0.717, 1.165) is 5.01 Å². The maximum Gasteiger partial charge on any atom is 0.450 e. The van der Waals surface area contributed by atoms with Crippen LogP contribution in [0.15, 0.2) is 36.0 Å². The molecule has 0 bridgehead atoms. The number of halogens is 3. The number of H-pyrrole nitrogens is 1. The number of amidine groups is 1. The zero-order valence-electron chi connectivity index (χ0n) is 13.7. The van der Waals surface area contributed by atoms with Gasteiger partial charge in [-0.15, -0.1) is 0 Å². The molecule has 0 aliphatic carbocycles. The quantitative estimate of drug-likeness (QED) is 0.454. The molecule has 4 heterocycles. The minimum Gasteiger partial charge on any atom is -0.343 e. The van der Waals surface area contributed by atoms with Crippen LogP contribution in [0, 0.1) is 0 Å². The molecule has 11 nitrogen and oxygen atoms in total. The Morgan fingerprint density at radius 3 is 2.82 bits per heavy atom. The molecule has 0 fully saturated rings. The van der Waals surface area contributed by atoms with Gasteiger partial charge in [0.15, 0.2) is 6.17 Å². The third kappa shape index (κ3) is 3.43. The van der Waals surface area contributed by atoms with Crippen LogP contribution in [0.25, 0.3) is 17.2 Å². The van der Waals surface area contributed by atoms with Crippen molar-refractivity contribution in [3.05, 3.63) is 36.7 Å². The predicted octanol–water partition coefficient (Wildman–Crippen LogP) is 1.08. The van der Waals surface area contributed by atoms with Crippen molar-refractivity contribution in [1.29, 1.82) is 0 Å². The van der Waals surface area contributed by atoms with E-state index in [4.69, 9.17) is 9.79 Å². The van der Waals surface area contributed by atoms with Crippen molar-refractivity contribution in [3.63, 3.8) is 0 Å². The van der Waals surface area contributed by atoms with E-state index < -0.39 is 33.5 Å². The number of aliphatic imine (C=N–C) groups is 1. The fourth-order valence-electron chi connectivity index (χ4n) is 2.72. The lowest BCUT2D eigenvalue weighted by atomic mass is 10.2. The van der Waals surface area contributed by atoms with Gasteiger partial charge in [0.25, 0.3) is 0 Å². The molecule has 4 rings (SSSR count). The first-order valence-corrected chi connectivity index (χ1v) is 8.82. The first-order valence-electron chi connectivity index (χ1n) is 7.65. The lowest BCUT2D eigenvalue weighted by Crippen LogP contribution is -2.43. The monoisotopic (exact) mass is 416 g/mol. The molecular formula is C13H12F3N8O3P. The number of hydrogen-bond donors (Lipinski definition) is 4. The first-order chi connectivity index (χ1) is 13.3. The van der Waals surface area contributed by atoms with Crippen molar-refractivity contribution in [3.8, 4) is 11.4 Å². The molecule has 1 atom stereocenters. The largest absolute Gasteiger partial charge is 0.450 e. The van der Waals surface area contributed by atoms with Crippen molar-refractivity contribution < 1.29 is 27.5 Å². The summed E-state index contributed by atoms with van der Waals surface area (Å²) < 4.78 is 45.8. The minimum atomic E-state index is -4.75. The number of hydrazine groups is 1. The van der Waals surface area contributed by atoms with Crippen LogP contribution in [-0.4, -0.2) is 57.9 Å². The van der Waals surface area contributed by atoms with Gasteiger partial charge >= 0.3 is 14.8 Å². The van der Waals surface area contributed by atoms with E-state index in [1.165, 1.54) is 18.7 Å². The molecule has 28 heavy (non-hydrogen) atoms. The Hall–Kier alpha value is -2.64. The summed E-state index contributed by atoms with van der Waals surface area (Å²) in [5.41, 5.74) is 3.10. The zero-order chi connectivity index (χ0) is 19.9. The average Bonchev–Trinajstić information content (AvgIpc) is 3.35. The highest BCUT2D eigenvalue weighted by Gasteiger charge is 2.45. The van der Waals surface area contributed by atoms with Gasteiger partial charge in [-0.05, 0) is 6.07 Å². The van der Waals surface area contributed by atoms with Gasteiger partial charge in [0.2, 0.25) is 11.6 Å². The van der Waals surface area contributed by atoms with E-state index in [2.05, 4.69) is 34.9 Å². The molecule has 0 aromatic carbocycles. The Kier molecular flexibility index (Phi) is 4.72. The molecule has 0 amide bonds. The Labute approximate surface area is 155 Å². The van der Waals surface area contributed by atoms with Crippen LogP contribution in [0.2, 0.25) is 0 Å². The molecule has 4 N–H and O–H groups in total. The summed E-state index contributed by atoms with van der Waals surface area (Å²) >= 11 is 0. The summed E-state index contributed by atoms with van der Waals surface area (Å²) in [6, 6.07) is 1.64. The Morgan fingerprint density at radius 1 is 1.32 bits per heavy atom.